The lowest BCUT2D eigenvalue weighted by Gasteiger charge is -2.28. The van der Waals surface area contributed by atoms with Gasteiger partial charge >= 0.3 is 0 Å². The highest BCUT2D eigenvalue weighted by atomic mass is 16.5. The monoisotopic (exact) mass is 457 g/mol. The number of aromatic nitrogens is 1. The van der Waals surface area contributed by atoms with Gasteiger partial charge in [-0.15, -0.1) is 0 Å². The van der Waals surface area contributed by atoms with Gasteiger partial charge in [0, 0.05) is 24.5 Å². The van der Waals surface area contributed by atoms with Crippen LogP contribution in [0.3, 0.4) is 0 Å². The number of nitrogens with one attached hydrogen (secondary N) is 1. The van der Waals surface area contributed by atoms with Crippen molar-refractivity contribution in [2.75, 3.05) is 36.5 Å². The number of aryl methyl sites for hydroxylation is 2. The van der Waals surface area contributed by atoms with Crippen molar-refractivity contribution in [1.29, 1.82) is 0 Å². The molecule has 1 amide bonds. The van der Waals surface area contributed by atoms with E-state index in [-0.39, 0.29) is 12.5 Å². The Bertz CT molecular complexity index is 1290. The van der Waals surface area contributed by atoms with Crippen molar-refractivity contribution in [3.8, 4) is 5.75 Å². The van der Waals surface area contributed by atoms with Crippen LogP contribution in [0.1, 0.15) is 27.4 Å². The Labute approximate surface area is 198 Å². The number of nitrogens with zero attached hydrogens (tertiary/aromatic N) is 2. The van der Waals surface area contributed by atoms with E-state index in [1.807, 2.05) is 74.5 Å². The first-order chi connectivity index (χ1) is 16.6. The van der Waals surface area contributed by atoms with Gasteiger partial charge < -0.3 is 24.2 Å². The average Bonchev–Trinajstić information content (AvgIpc) is 3.20. The lowest BCUT2D eigenvalue weighted by atomic mass is 10.0. The summed E-state index contributed by atoms with van der Waals surface area (Å²) < 4.78 is 16.8. The number of anilines is 2. The zero-order valence-electron chi connectivity index (χ0n) is 19.3. The fourth-order valence-electron chi connectivity index (χ4n) is 4.15. The molecule has 1 N–H and O–H groups in total. The Morgan fingerprint density at radius 2 is 1.74 bits per heavy atom. The van der Waals surface area contributed by atoms with Gasteiger partial charge in [-0.25, -0.2) is 0 Å². The second kappa shape index (κ2) is 9.57. The van der Waals surface area contributed by atoms with Crippen LogP contribution in [0.5, 0.6) is 5.75 Å². The molecule has 2 heterocycles. The van der Waals surface area contributed by atoms with E-state index in [9.17, 15) is 4.79 Å². The normalized spacial score (nSPS) is 13.8. The highest BCUT2D eigenvalue weighted by molar-refractivity contribution is 6.08. The molecule has 4 aromatic rings. The molecule has 174 valence electrons. The number of ether oxygens (including phenoxy) is 2. The van der Waals surface area contributed by atoms with Crippen LogP contribution in [0.15, 0.2) is 65.2 Å². The van der Waals surface area contributed by atoms with Crippen molar-refractivity contribution in [1.82, 2.24) is 5.16 Å². The molecule has 3 aromatic carbocycles. The number of rotatable bonds is 6. The van der Waals surface area contributed by atoms with Gasteiger partial charge in [-0.2, -0.15) is 0 Å². The van der Waals surface area contributed by atoms with Gasteiger partial charge in [-0.1, -0.05) is 29.4 Å². The van der Waals surface area contributed by atoms with Crippen LogP contribution in [-0.2, 0) is 11.3 Å². The summed E-state index contributed by atoms with van der Waals surface area (Å²) in [6.07, 6.45) is 0. The molecule has 0 radical (unpaired) electrons. The van der Waals surface area contributed by atoms with Crippen molar-refractivity contribution in [2.45, 2.75) is 20.5 Å². The molecular formula is C27H27N3O4. The van der Waals surface area contributed by atoms with Crippen LogP contribution in [0.2, 0.25) is 0 Å². The second-order valence-corrected chi connectivity index (χ2v) is 8.39. The van der Waals surface area contributed by atoms with E-state index < -0.39 is 0 Å². The first-order valence-electron chi connectivity index (χ1n) is 11.4. The number of carbonyl (C=O) groups excluding carboxylic acids is 1. The maximum absolute atomic E-state index is 13.3. The summed E-state index contributed by atoms with van der Waals surface area (Å²) in [7, 11) is 0. The molecule has 34 heavy (non-hydrogen) atoms. The third kappa shape index (κ3) is 4.61. The predicted molar refractivity (Wildman–Crippen MR) is 132 cm³/mol. The van der Waals surface area contributed by atoms with Crippen LogP contribution in [0.4, 0.5) is 11.4 Å². The Balaban J connectivity index is 1.38. The largest absolute Gasteiger partial charge is 0.488 e. The predicted octanol–water partition coefficient (Wildman–Crippen LogP) is 5.11. The maximum Gasteiger partial charge on any atom is 0.259 e. The minimum absolute atomic E-state index is 0.223. The van der Waals surface area contributed by atoms with Crippen LogP contribution in [0, 0.1) is 13.8 Å². The summed E-state index contributed by atoms with van der Waals surface area (Å²) in [5, 5.41) is 8.98. The highest BCUT2D eigenvalue weighted by Crippen LogP contribution is 2.29. The van der Waals surface area contributed by atoms with Crippen LogP contribution >= 0.6 is 0 Å². The van der Waals surface area contributed by atoms with Crippen molar-refractivity contribution in [3.05, 3.63) is 83.2 Å². The van der Waals surface area contributed by atoms with Crippen molar-refractivity contribution >= 4 is 28.1 Å². The van der Waals surface area contributed by atoms with Crippen molar-refractivity contribution < 1.29 is 18.8 Å². The minimum Gasteiger partial charge on any atom is -0.488 e. The van der Waals surface area contributed by atoms with Gasteiger partial charge in [-0.05, 0) is 61.0 Å². The molecule has 1 aliphatic rings. The zero-order chi connectivity index (χ0) is 23.5. The molecule has 1 saturated heterocycles. The molecule has 0 bridgehead atoms. The van der Waals surface area contributed by atoms with Crippen LogP contribution < -0.4 is 15.0 Å². The van der Waals surface area contributed by atoms with E-state index in [1.165, 1.54) is 0 Å². The fraction of sp³-hybridized carbons (Fsp3) is 0.259. The average molecular weight is 458 g/mol. The van der Waals surface area contributed by atoms with Gasteiger partial charge in [0.05, 0.1) is 30.0 Å². The Morgan fingerprint density at radius 1 is 1.03 bits per heavy atom. The zero-order valence-corrected chi connectivity index (χ0v) is 19.3. The summed E-state index contributed by atoms with van der Waals surface area (Å²) in [6, 6.07) is 19.6. The molecule has 0 spiro atoms. The first-order valence-corrected chi connectivity index (χ1v) is 11.4. The van der Waals surface area contributed by atoms with Crippen LogP contribution in [-0.4, -0.2) is 37.4 Å². The molecule has 1 fully saturated rings. The van der Waals surface area contributed by atoms with Crippen molar-refractivity contribution in [3.63, 3.8) is 0 Å². The Kier molecular flexibility index (Phi) is 6.18. The summed E-state index contributed by atoms with van der Waals surface area (Å²) >= 11 is 0. The van der Waals surface area contributed by atoms with Gasteiger partial charge in [0.1, 0.15) is 18.1 Å². The highest BCUT2D eigenvalue weighted by Gasteiger charge is 2.17. The van der Waals surface area contributed by atoms with E-state index in [0.717, 1.165) is 59.7 Å². The molecule has 5 rings (SSSR count). The number of hydrogen-bond donors (Lipinski definition) is 1. The number of amides is 1. The van der Waals surface area contributed by atoms with E-state index in [4.69, 9.17) is 14.0 Å². The quantitative estimate of drug-likeness (QED) is 0.433. The molecule has 1 aromatic heterocycles. The standard InChI is InChI=1S/C27H27N3O4/c1-18-25(19(2)34-29-18)17-33-26-16-21-6-4-3-5-20(21)15-24(26)27(31)28-22-7-9-23(10-8-22)30-11-13-32-14-12-30/h3-10,15-16H,11-14,17H2,1-2H3,(H,28,31). The van der Waals surface area contributed by atoms with Gasteiger partial charge in [0.2, 0.25) is 0 Å². The lowest BCUT2D eigenvalue weighted by molar-refractivity contribution is 0.102. The number of morpholine rings is 1. The Morgan fingerprint density at radius 3 is 2.41 bits per heavy atom. The molecule has 0 saturated carbocycles. The number of fused-ring (bicyclic) bond motifs is 1. The van der Waals surface area contributed by atoms with E-state index in [0.29, 0.717) is 17.1 Å². The summed E-state index contributed by atoms with van der Waals surface area (Å²) in [6.45, 7) is 7.21. The minimum atomic E-state index is -0.223. The number of hydrogen-bond acceptors (Lipinski definition) is 6. The van der Waals surface area contributed by atoms with Gasteiger partial charge in [0.15, 0.2) is 0 Å². The third-order valence-corrected chi connectivity index (χ3v) is 6.15. The molecule has 7 nitrogen and oxygen atoms in total. The van der Waals surface area contributed by atoms with Gasteiger partial charge in [-0.3, -0.25) is 4.79 Å². The van der Waals surface area contributed by atoms with E-state index >= 15 is 0 Å². The maximum atomic E-state index is 13.3. The first kappa shape index (κ1) is 22.0. The lowest BCUT2D eigenvalue weighted by Crippen LogP contribution is -2.36. The van der Waals surface area contributed by atoms with E-state index in [1.54, 1.807) is 0 Å². The fourth-order valence-corrected chi connectivity index (χ4v) is 4.15. The number of benzene rings is 3. The summed E-state index contributed by atoms with van der Waals surface area (Å²) in [5.41, 5.74) is 3.99. The molecule has 1 aliphatic heterocycles. The molecule has 0 aliphatic carbocycles. The third-order valence-electron chi connectivity index (χ3n) is 6.15. The topological polar surface area (TPSA) is 76.8 Å². The van der Waals surface area contributed by atoms with E-state index in [2.05, 4.69) is 15.4 Å². The Hall–Kier alpha value is -3.84. The molecule has 0 unspecified atom stereocenters. The number of carbonyl (C=O) groups is 1. The second-order valence-electron chi connectivity index (χ2n) is 8.39. The summed E-state index contributed by atoms with van der Waals surface area (Å²) in [4.78, 5) is 15.6. The van der Waals surface area contributed by atoms with Crippen LogP contribution in [0.25, 0.3) is 10.8 Å². The molecular weight excluding hydrogens is 430 g/mol. The smallest absolute Gasteiger partial charge is 0.259 e. The van der Waals surface area contributed by atoms with Gasteiger partial charge in [0.25, 0.3) is 5.91 Å². The SMILES string of the molecule is Cc1noc(C)c1COc1cc2ccccc2cc1C(=O)Nc1ccc(N2CCOCC2)cc1. The van der Waals surface area contributed by atoms with Crippen molar-refractivity contribution in [2.24, 2.45) is 0 Å². The molecule has 0 atom stereocenters. The summed E-state index contributed by atoms with van der Waals surface area (Å²) in [5.74, 6) is 1.00. The molecule has 7 heteroatoms.